The fourth-order valence-electron chi connectivity index (χ4n) is 2.23. The van der Waals surface area contributed by atoms with Crippen LogP contribution in [-0.4, -0.2) is 29.0 Å². The molecule has 5 heteroatoms. The zero-order valence-electron chi connectivity index (χ0n) is 13.1. The molecule has 22 heavy (non-hydrogen) atoms. The van der Waals surface area contributed by atoms with Gasteiger partial charge in [-0.05, 0) is 37.1 Å². The van der Waals surface area contributed by atoms with Crippen molar-refractivity contribution in [2.45, 2.75) is 26.7 Å². The van der Waals surface area contributed by atoms with Gasteiger partial charge in [-0.2, -0.15) is 0 Å². The van der Waals surface area contributed by atoms with Crippen LogP contribution in [0.5, 0.6) is 0 Å². The van der Waals surface area contributed by atoms with Gasteiger partial charge in [-0.3, -0.25) is 9.78 Å². The first-order chi connectivity index (χ1) is 10.7. The summed E-state index contributed by atoms with van der Waals surface area (Å²) in [6.07, 6.45) is 7.05. The van der Waals surface area contributed by atoms with Crippen molar-refractivity contribution in [3.8, 4) is 0 Å². The first kappa shape index (κ1) is 15.9. The van der Waals surface area contributed by atoms with E-state index >= 15 is 0 Å². The summed E-state index contributed by atoms with van der Waals surface area (Å²) in [6, 6.07) is 7.30. The highest BCUT2D eigenvalue weighted by atomic mass is 16.1. The van der Waals surface area contributed by atoms with E-state index in [2.05, 4.69) is 34.0 Å². The van der Waals surface area contributed by atoms with Gasteiger partial charge < -0.3 is 10.2 Å². The Morgan fingerprint density at radius 1 is 1.14 bits per heavy atom. The van der Waals surface area contributed by atoms with Crippen LogP contribution < -0.4 is 10.2 Å². The molecule has 0 saturated heterocycles. The summed E-state index contributed by atoms with van der Waals surface area (Å²) in [4.78, 5) is 22.7. The average Bonchev–Trinajstić information content (AvgIpc) is 2.56. The molecule has 0 aliphatic rings. The quantitative estimate of drug-likeness (QED) is 0.851. The van der Waals surface area contributed by atoms with Crippen molar-refractivity contribution < 1.29 is 4.79 Å². The molecule has 0 bridgehead atoms. The zero-order valence-corrected chi connectivity index (χ0v) is 13.1. The summed E-state index contributed by atoms with van der Waals surface area (Å²) < 4.78 is 0. The second kappa shape index (κ2) is 8.12. The lowest BCUT2D eigenvalue weighted by atomic mass is 10.2. The summed E-state index contributed by atoms with van der Waals surface area (Å²) in [5.74, 6) is 0.768. The Morgan fingerprint density at radius 3 is 2.45 bits per heavy atom. The van der Waals surface area contributed by atoms with E-state index in [1.54, 1.807) is 30.7 Å². The first-order valence-electron chi connectivity index (χ1n) is 7.67. The molecular weight excluding hydrogens is 276 g/mol. The maximum atomic E-state index is 12.0. The molecule has 1 N–H and O–H groups in total. The minimum absolute atomic E-state index is 0.179. The van der Waals surface area contributed by atoms with Crippen molar-refractivity contribution in [3.63, 3.8) is 0 Å². The third-order valence-corrected chi connectivity index (χ3v) is 3.24. The van der Waals surface area contributed by atoms with Crippen molar-refractivity contribution in [1.82, 2.24) is 9.97 Å². The minimum Gasteiger partial charge on any atom is -0.357 e. The maximum Gasteiger partial charge on any atom is 0.257 e. The molecule has 0 radical (unpaired) electrons. The molecule has 2 heterocycles. The Kier molecular flexibility index (Phi) is 5.89. The van der Waals surface area contributed by atoms with Crippen LogP contribution in [0.2, 0.25) is 0 Å². The van der Waals surface area contributed by atoms with Gasteiger partial charge in [0.25, 0.3) is 5.91 Å². The van der Waals surface area contributed by atoms with Crippen molar-refractivity contribution in [3.05, 3.63) is 48.4 Å². The number of pyridine rings is 2. The van der Waals surface area contributed by atoms with Crippen LogP contribution in [0.1, 0.15) is 37.0 Å². The number of anilines is 2. The van der Waals surface area contributed by atoms with Gasteiger partial charge in [-0.25, -0.2) is 4.98 Å². The lowest BCUT2D eigenvalue weighted by molar-refractivity contribution is 0.102. The van der Waals surface area contributed by atoms with Crippen molar-refractivity contribution in [2.24, 2.45) is 0 Å². The van der Waals surface area contributed by atoms with Crippen LogP contribution in [0.15, 0.2) is 42.9 Å². The van der Waals surface area contributed by atoms with Crippen LogP contribution >= 0.6 is 0 Å². The molecule has 1 amide bonds. The van der Waals surface area contributed by atoms with E-state index in [1.165, 1.54) is 0 Å². The molecule has 2 aromatic rings. The Morgan fingerprint density at radius 2 is 1.91 bits per heavy atom. The summed E-state index contributed by atoms with van der Waals surface area (Å²) >= 11 is 0. The van der Waals surface area contributed by atoms with E-state index in [0.717, 1.165) is 31.7 Å². The van der Waals surface area contributed by atoms with Crippen LogP contribution in [0, 0.1) is 0 Å². The maximum absolute atomic E-state index is 12.0. The SMILES string of the molecule is CCCN(CCC)c1ccc(NC(=O)c2cccnc2)cn1. The number of amides is 1. The number of carbonyl (C=O) groups excluding carboxylic acids is 1. The first-order valence-corrected chi connectivity index (χ1v) is 7.67. The predicted octanol–water partition coefficient (Wildman–Crippen LogP) is 3.36. The summed E-state index contributed by atoms with van der Waals surface area (Å²) in [7, 11) is 0. The summed E-state index contributed by atoms with van der Waals surface area (Å²) in [5.41, 5.74) is 1.22. The van der Waals surface area contributed by atoms with E-state index in [9.17, 15) is 4.79 Å². The fraction of sp³-hybridized carbons (Fsp3) is 0.353. The molecule has 0 aliphatic heterocycles. The third-order valence-electron chi connectivity index (χ3n) is 3.24. The third kappa shape index (κ3) is 4.28. The van der Waals surface area contributed by atoms with Gasteiger partial charge in [0.15, 0.2) is 0 Å². The molecule has 2 rings (SSSR count). The van der Waals surface area contributed by atoms with Crippen LogP contribution in [0.3, 0.4) is 0 Å². The van der Waals surface area contributed by atoms with Gasteiger partial charge in [0.05, 0.1) is 17.4 Å². The lowest BCUT2D eigenvalue weighted by Gasteiger charge is -2.22. The number of hydrogen-bond acceptors (Lipinski definition) is 4. The Bertz CT molecular complexity index is 577. The highest BCUT2D eigenvalue weighted by Crippen LogP contribution is 2.15. The molecule has 116 valence electrons. The van der Waals surface area contributed by atoms with Gasteiger partial charge in [0.1, 0.15) is 5.82 Å². The lowest BCUT2D eigenvalue weighted by Crippen LogP contribution is -2.25. The molecule has 0 atom stereocenters. The largest absolute Gasteiger partial charge is 0.357 e. The number of hydrogen-bond donors (Lipinski definition) is 1. The number of rotatable bonds is 7. The molecule has 0 saturated carbocycles. The molecule has 5 nitrogen and oxygen atoms in total. The predicted molar refractivity (Wildman–Crippen MR) is 89.2 cm³/mol. The van der Waals surface area contributed by atoms with Gasteiger partial charge in [0, 0.05) is 25.5 Å². The molecule has 2 aromatic heterocycles. The van der Waals surface area contributed by atoms with E-state index < -0.39 is 0 Å². The number of aromatic nitrogens is 2. The van der Waals surface area contributed by atoms with E-state index in [0.29, 0.717) is 11.3 Å². The number of carbonyl (C=O) groups is 1. The minimum atomic E-state index is -0.179. The molecule has 0 aliphatic carbocycles. The van der Waals surface area contributed by atoms with Crippen molar-refractivity contribution in [1.29, 1.82) is 0 Å². The normalized spacial score (nSPS) is 10.3. The second-order valence-electron chi connectivity index (χ2n) is 5.09. The van der Waals surface area contributed by atoms with Crippen molar-refractivity contribution in [2.75, 3.05) is 23.3 Å². The van der Waals surface area contributed by atoms with Gasteiger partial charge in [-0.1, -0.05) is 13.8 Å². The van der Waals surface area contributed by atoms with Crippen molar-refractivity contribution >= 4 is 17.4 Å². The van der Waals surface area contributed by atoms with Crippen LogP contribution in [0.25, 0.3) is 0 Å². The second-order valence-corrected chi connectivity index (χ2v) is 5.09. The Balaban J connectivity index is 2.03. The zero-order chi connectivity index (χ0) is 15.8. The van der Waals surface area contributed by atoms with Gasteiger partial charge in [0.2, 0.25) is 0 Å². The highest BCUT2D eigenvalue weighted by Gasteiger charge is 2.08. The monoisotopic (exact) mass is 298 g/mol. The van der Waals surface area contributed by atoms with Crippen LogP contribution in [-0.2, 0) is 0 Å². The Hall–Kier alpha value is -2.43. The topological polar surface area (TPSA) is 58.1 Å². The summed E-state index contributed by atoms with van der Waals surface area (Å²) in [6.45, 7) is 6.29. The molecule has 0 aromatic carbocycles. The number of nitrogens with one attached hydrogen (secondary N) is 1. The average molecular weight is 298 g/mol. The van der Waals surface area contributed by atoms with Crippen LogP contribution in [0.4, 0.5) is 11.5 Å². The molecule has 0 spiro atoms. The fourth-order valence-corrected chi connectivity index (χ4v) is 2.23. The van der Waals surface area contributed by atoms with Gasteiger partial charge >= 0.3 is 0 Å². The van der Waals surface area contributed by atoms with Gasteiger partial charge in [-0.15, -0.1) is 0 Å². The molecular formula is C17H22N4O. The molecule has 0 unspecified atom stereocenters. The Labute approximate surface area is 131 Å². The highest BCUT2D eigenvalue weighted by molar-refractivity contribution is 6.03. The van der Waals surface area contributed by atoms with E-state index in [-0.39, 0.29) is 5.91 Å². The standard InChI is InChI=1S/C17H22N4O/c1-3-10-21(11-4-2)16-8-7-15(13-19-16)20-17(22)14-6-5-9-18-12-14/h5-9,12-13H,3-4,10-11H2,1-2H3,(H,20,22). The van der Waals surface area contributed by atoms with E-state index in [1.807, 2.05) is 12.1 Å². The number of nitrogens with zero attached hydrogens (tertiary/aromatic N) is 3. The van der Waals surface area contributed by atoms with E-state index in [4.69, 9.17) is 0 Å². The molecule has 0 fully saturated rings. The smallest absolute Gasteiger partial charge is 0.257 e. The summed E-state index contributed by atoms with van der Waals surface area (Å²) in [5, 5.41) is 2.83.